The van der Waals surface area contributed by atoms with Gasteiger partial charge in [-0.2, -0.15) is 158 Å². The molecule has 0 saturated carbocycles. The van der Waals surface area contributed by atoms with Crippen LogP contribution in [0.2, 0.25) is 0 Å². The molecule has 0 aliphatic rings. The Morgan fingerprint density at radius 1 is 0.375 bits per heavy atom. The van der Waals surface area contributed by atoms with E-state index in [9.17, 15) is 176 Å². The number of nitrogens with zero attached hydrogens (tertiary/aromatic N) is 2. The molecule has 0 saturated heterocycles. The quantitative estimate of drug-likeness (QED) is 0.0423. The zero-order valence-electron chi connectivity index (χ0n) is 33.8. The number of halogens is 34. The molecule has 0 bridgehead atoms. The van der Waals surface area contributed by atoms with Crippen LogP contribution >= 0.6 is 7.82 Å². The summed E-state index contributed by atoms with van der Waals surface area (Å²) in [6, 6.07) is 0. The second-order valence-electron chi connectivity index (χ2n) is 13.2. The fourth-order valence-corrected chi connectivity index (χ4v) is 8.86. The van der Waals surface area contributed by atoms with Gasteiger partial charge in [0.25, 0.3) is 27.9 Å². The van der Waals surface area contributed by atoms with Crippen molar-refractivity contribution < 1.29 is 203 Å². The van der Waals surface area contributed by atoms with Crippen molar-refractivity contribution in [2.24, 2.45) is 0 Å². The smallest absolute Gasteiger partial charge is 0.756 e. The van der Waals surface area contributed by atoms with E-state index in [1.165, 1.54) is 0 Å². The third-order valence-electron chi connectivity index (χ3n) is 8.65. The third kappa shape index (κ3) is 9.90. The van der Waals surface area contributed by atoms with Crippen molar-refractivity contribution >= 4 is 27.9 Å². The average molecular weight is 1210 g/mol. The van der Waals surface area contributed by atoms with E-state index in [1.807, 2.05) is 0 Å². The second-order valence-corrected chi connectivity index (χ2v) is 18.4. The number of sulfonamides is 2. The maximum absolute atomic E-state index is 14.8. The summed E-state index contributed by atoms with van der Waals surface area (Å²) in [7, 11) is -24.5. The first kappa shape index (κ1) is 72.2. The van der Waals surface area contributed by atoms with E-state index in [2.05, 4.69) is 9.05 Å². The first-order chi connectivity index (χ1) is 30.2. The average Bonchev–Trinajstić information content (AvgIpc) is 3.12. The van der Waals surface area contributed by atoms with Gasteiger partial charge in [-0.1, -0.05) is 13.8 Å². The van der Waals surface area contributed by atoms with Crippen molar-refractivity contribution in [3.05, 3.63) is 0 Å². The van der Waals surface area contributed by atoms with Gasteiger partial charge >= 0.3 is 113 Å². The molecule has 0 radical (unpaired) electrons. The molecule has 0 aliphatic heterocycles. The van der Waals surface area contributed by atoms with Crippen LogP contribution in [0.1, 0.15) is 27.7 Å². The first-order valence-corrected chi connectivity index (χ1v) is 20.6. The van der Waals surface area contributed by atoms with E-state index in [0.29, 0.717) is 0 Å². The summed E-state index contributed by atoms with van der Waals surface area (Å²) in [5.41, 5.74) is 0. The molecular formula is C24H18F34LiN2O8PS2. The maximum Gasteiger partial charge on any atom is 1.00 e. The van der Waals surface area contributed by atoms with E-state index in [0.717, 1.165) is 0 Å². The largest absolute Gasteiger partial charge is 1.00 e. The minimum atomic E-state index is -9.40. The van der Waals surface area contributed by atoms with Gasteiger partial charge < -0.3 is 4.89 Å². The van der Waals surface area contributed by atoms with Gasteiger partial charge in [0.2, 0.25) is 0 Å². The second kappa shape index (κ2) is 19.6. The predicted molar refractivity (Wildman–Crippen MR) is 153 cm³/mol. The Kier molecular flexibility index (Phi) is 19.6. The SMILES string of the molecule is CCN(C(C)OP(=O)([O-])OC(C)N(CC)S(=O)(=O)C(F)(F)C(F)(F)C(F)(F)C(F)(F)C(F)(F)C(F)(F)C(F)(F)C(F)(F)F)S(=O)(=O)C(F)(F)C(F)(F)C(F)(F)C(F)(F)C(F)(F)C(F)(F)C(F)(F)C(F)(F)F.[Li+]. The Morgan fingerprint density at radius 2 is 0.528 bits per heavy atom. The van der Waals surface area contributed by atoms with E-state index in [4.69, 9.17) is 0 Å². The van der Waals surface area contributed by atoms with Gasteiger partial charge in [-0.15, -0.1) is 0 Å². The number of hydrogen-bond acceptors (Lipinski definition) is 8. The molecular weight excluding hydrogens is 1190 g/mol. The predicted octanol–water partition coefficient (Wildman–Crippen LogP) is 7.42. The number of rotatable bonds is 24. The molecule has 428 valence electrons. The topological polar surface area (TPSA) is 133 Å². The van der Waals surface area contributed by atoms with Crippen LogP contribution in [-0.4, -0.2) is 145 Å². The van der Waals surface area contributed by atoms with Gasteiger partial charge in [0.05, 0.1) is 0 Å². The molecule has 0 rings (SSSR count). The molecule has 2 atom stereocenters. The Hall–Kier alpha value is -1.85. The molecule has 48 heteroatoms. The molecule has 0 heterocycles. The molecule has 0 aromatic heterocycles. The fourth-order valence-electron chi connectivity index (χ4n) is 4.67. The van der Waals surface area contributed by atoms with Crippen molar-refractivity contribution in [1.82, 2.24) is 8.61 Å². The summed E-state index contributed by atoms with van der Waals surface area (Å²) >= 11 is 0. The van der Waals surface area contributed by atoms with E-state index >= 15 is 0 Å². The third-order valence-corrected chi connectivity index (χ3v) is 13.9. The normalized spacial score (nSPS) is 18.0. The molecule has 0 N–H and O–H groups in total. The summed E-state index contributed by atoms with van der Waals surface area (Å²) < 4.78 is 530. The summed E-state index contributed by atoms with van der Waals surface area (Å²) in [5, 5.41) is -16.9. The Bertz CT molecular complexity index is 2060. The summed E-state index contributed by atoms with van der Waals surface area (Å²) in [4.78, 5) is 12.4. The van der Waals surface area contributed by atoms with Gasteiger partial charge in [0, 0.05) is 13.1 Å². The van der Waals surface area contributed by atoms with Crippen LogP contribution in [0.15, 0.2) is 0 Å². The van der Waals surface area contributed by atoms with E-state index in [-0.39, 0.29) is 32.7 Å². The van der Waals surface area contributed by atoms with Gasteiger partial charge in [-0.3, -0.25) is 13.6 Å². The number of phosphoric acid groups is 1. The zero-order chi connectivity index (χ0) is 58.6. The monoisotopic (exact) mass is 1210 g/mol. The standard InChI is InChI=1S/C24H19F34N2O8PS2.Li/c1-5-59(70(63,64)23(55,56)19(45,46)15(37,38)11(29,30)9(25,26)13(33,34)17(41,42)21(49,50)51)7(3)67-69(61,62)68-8(4)60(6-2)71(65,66)24(57,58)20(47,48)16(39,40)12(31,32)10(27,28)14(35,36)18(43,44)22(52,53)54;/h7-8H,5-6H2,1-4H3,(H,61,62);/q;+1/p-1. The van der Waals surface area contributed by atoms with Gasteiger partial charge in [0.1, 0.15) is 12.5 Å². The molecule has 0 aromatic rings. The van der Waals surface area contributed by atoms with Gasteiger partial charge in [-0.05, 0) is 13.8 Å². The summed E-state index contributed by atoms with van der Waals surface area (Å²) in [6.07, 6.45) is -24.4. The van der Waals surface area contributed by atoms with E-state index < -0.39 is 170 Å². The van der Waals surface area contributed by atoms with Crippen LogP contribution in [0.5, 0.6) is 0 Å². The van der Waals surface area contributed by atoms with Crippen LogP contribution in [0.4, 0.5) is 149 Å². The van der Waals surface area contributed by atoms with Crippen LogP contribution in [0.3, 0.4) is 0 Å². The molecule has 0 aliphatic carbocycles. The molecule has 0 amide bonds. The zero-order valence-corrected chi connectivity index (χ0v) is 36.4. The van der Waals surface area contributed by atoms with Gasteiger partial charge in [-0.25, -0.2) is 16.8 Å². The van der Waals surface area contributed by atoms with Crippen molar-refractivity contribution in [3.8, 4) is 0 Å². The number of hydrogen-bond donors (Lipinski definition) is 0. The molecule has 0 aromatic carbocycles. The Labute approximate surface area is 387 Å². The van der Waals surface area contributed by atoms with E-state index in [1.54, 1.807) is 0 Å². The molecule has 2 unspecified atom stereocenters. The van der Waals surface area contributed by atoms with Crippen molar-refractivity contribution in [2.75, 3.05) is 13.1 Å². The van der Waals surface area contributed by atoms with Crippen LogP contribution in [-0.2, 0) is 33.7 Å². The maximum atomic E-state index is 14.8. The van der Waals surface area contributed by atoms with Crippen LogP contribution in [0.25, 0.3) is 0 Å². The Morgan fingerprint density at radius 3 is 0.681 bits per heavy atom. The molecule has 0 spiro atoms. The minimum absolute atomic E-state index is 0. The minimum Gasteiger partial charge on any atom is -0.756 e. The fraction of sp³-hybridized carbons (Fsp3) is 1.00. The summed E-state index contributed by atoms with van der Waals surface area (Å²) in [6.45, 7) is -5.98. The Balaban J connectivity index is 0. The summed E-state index contributed by atoms with van der Waals surface area (Å²) in [5.74, 6) is -110. The van der Waals surface area contributed by atoms with Crippen molar-refractivity contribution in [2.45, 2.75) is 134 Å². The molecule has 0 fully saturated rings. The molecule has 10 nitrogen and oxygen atoms in total. The molecule has 72 heavy (non-hydrogen) atoms. The van der Waals surface area contributed by atoms with Crippen LogP contribution in [0, 0.1) is 0 Å². The van der Waals surface area contributed by atoms with Gasteiger partial charge in [0.15, 0.2) is 0 Å². The first-order valence-electron chi connectivity index (χ1n) is 16.3. The number of alkyl halides is 34. The van der Waals surface area contributed by atoms with Crippen molar-refractivity contribution in [1.29, 1.82) is 0 Å². The van der Waals surface area contributed by atoms with Crippen molar-refractivity contribution in [3.63, 3.8) is 0 Å². The number of phosphoric ester groups is 1. The van der Waals surface area contributed by atoms with Crippen LogP contribution < -0.4 is 23.8 Å².